The maximum Gasteiger partial charge on any atom is 0.237 e. The number of hydrogen-bond acceptors (Lipinski definition) is 3. The molecule has 3 N–H and O–H groups in total. The molecule has 0 aliphatic carbocycles. The minimum atomic E-state index is -1.77. The molecule has 0 saturated carbocycles. The van der Waals surface area contributed by atoms with E-state index in [1.54, 1.807) is 24.3 Å². The Morgan fingerprint density at radius 1 is 1.14 bits per heavy atom. The summed E-state index contributed by atoms with van der Waals surface area (Å²) in [5.74, 6) is -3.04. The first-order chi connectivity index (χ1) is 9.97. The Bertz CT molecular complexity index is 707. The Balaban J connectivity index is 2.04. The van der Waals surface area contributed by atoms with Crippen LogP contribution in [0.4, 0.5) is 20.2 Å². The molecule has 1 atom stereocenters. The second-order valence-corrected chi connectivity index (χ2v) is 5.65. The van der Waals surface area contributed by atoms with Gasteiger partial charge in [-0.05, 0) is 30.3 Å². The average molecular weight is 310 g/mol. The zero-order valence-electron chi connectivity index (χ0n) is 10.8. The average Bonchev–Trinajstić information content (AvgIpc) is 2.44. The molecule has 0 radical (unpaired) electrons. The van der Waals surface area contributed by atoms with Gasteiger partial charge < -0.3 is 11.1 Å². The predicted octanol–water partition coefficient (Wildman–Crippen LogP) is 2.29. The molecule has 0 heterocycles. The number of rotatable bonds is 4. The van der Waals surface area contributed by atoms with Gasteiger partial charge in [0, 0.05) is 4.90 Å². The predicted molar refractivity (Wildman–Crippen MR) is 77.1 cm³/mol. The van der Waals surface area contributed by atoms with Crippen LogP contribution in [0.25, 0.3) is 0 Å². The van der Waals surface area contributed by atoms with E-state index in [0.717, 1.165) is 12.1 Å². The molecule has 0 aromatic heterocycles. The van der Waals surface area contributed by atoms with Crippen LogP contribution in [0.2, 0.25) is 0 Å². The number of para-hydroxylation sites is 2. The summed E-state index contributed by atoms with van der Waals surface area (Å²) in [6.45, 7) is 0. The Labute approximate surface area is 122 Å². The first kappa shape index (κ1) is 15.1. The largest absolute Gasteiger partial charge is 0.397 e. The highest BCUT2D eigenvalue weighted by Gasteiger charge is 2.13. The molecule has 0 saturated heterocycles. The highest BCUT2D eigenvalue weighted by Crippen LogP contribution is 2.17. The van der Waals surface area contributed by atoms with Gasteiger partial charge in [-0.3, -0.25) is 9.00 Å². The zero-order valence-corrected chi connectivity index (χ0v) is 11.6. The van der Waals surface area contributed by atoms with Crippen molar-refractivity contribution < 1.29 is 17.8 Å². The summed E-state index contributed by atoms with van der Waals surface area (Å²) in [5, 5.41) is 2.51. The Morgan fingerprint density at radius 3 is 2.52 bits per heavy atom. The second-order valence-electron chi connectivity index (χ2n) is 4.20. The van der Waals surface area contributed by atoms with E-state index in [4.69, 9.17) is 5.73 Å². The van der Waals surface area contributed by atoms with Crippen LogP contribution in [0, 0.1) is 11.6 Å². The molecule has 0 spiro atoms. The van der Waals surface area contributed by atoms with Crippen LogP contribution < -0.4 is 11.1 Å². The van der Waals surface area contributed by atoms with Crippen LogP contribution in [-0.2, 0) is 15.6 Å². The van der Waals surface area contributed by atoms with Gasteiger partial charge in [-0.25, -0.2) is 8.78 Å². The minimum absolute atomic E-state index is 0.0464. The molecule has 7 heteroatoms. The van der Waals surface area contributed by atoms with Crippen LogP contribution in [0.5, 0.6) is 0 Å². The van der Waals surface area contributed by atoms with Gasteiger partial charge in [0.05, 0.1) is 22.2 Å². The van der Waals surface area contributed by atoms with Crippen LogP contribution in [-0.4, -0.2) is 15.9 Å². The number of carbonyl (C=O) groups excluding carboxylic acids is 1. The smallest absolute Gasteiger partial charge is 0.237 e. The summed E-state index contributed by atoms with van der Waals surface area (Å²) < 4.78 is 37.8. The number of nitrogens with two attached hydrogens (primary N) is 1. The normalized spacial score (nSPS) is 11.9. The van der Waals surface area contributed by atoms with Gasteiger partial charge in [0.15, 0.2) is 11.6 Å². The van der Waals surface area contributed by atoms with Crippen molar-refractivity contribution in [2.75, 3.05) is 16.8 Å². The van der Waals surface area contributed by atoms with Crippen LogP contribution in [0.3, 0.4) is 0 Å². The molecule has 2 rings (SSSR count). The number of amides is 1. The molecule has 4 nitrogen and oxygen atoms in total. The topological polar surface area (TPSA) is 72.2 Å². The lowest BCUT2D eigenvalue weighted by Crippen LogP contribution is -2.20. The Hall–Kier alpha value is -2.28. The summed E-state index contributed by atoms with van der Waals surface area (Å²) in [6, 6.07) is 9.49. The van der Waals surface area contributed by atoms with Gasteiger partial charge in [-0.2, -0.15) is 0 Å². The van der Waals surface area contributed by atoms with Crippen molar-refractivity contribution in [1.29, 1.82) is 0 Å². The van der Waals surface area contributed by atoms with Crippen molar-refractivity contribution >= 4 is 28.1 Å². The third-order valence-corrected chi connectivity index (χ3v) is 3.96. The van der Waals surface area contributed by atoms with Gasteiger partial charge in [-0.15, -0.1) is 0 Å². The van der Waals surface area contributed by atoms with Crippen LogP contribution in [0.1, 0.15) is 0 Å². The standard InChI is InChI=1S/C14H12F2N2O2S/c15-10-6-5-9(7-11(10)16)21(20)8-14(19)18-13-4-2-1-3-12(13)17/h1-7H,8,17H2,(H,18,19). The SMILES string of the molecule is Nc1ccccc1NC(=O)CS(=O)c1ccc(F)c(F)c1. The monoisotopic (exact) mass is 310 g/mol. The molecule has 21 heavy (non-hydrogen) atoms. The Morgan fingerprint density at radius 2 is 1.86 bits per heavy atom. The van der Waals surface area contributed by atoms with E-state index in [2.05, 4.69) is 5.32 Å². The zero-order chi connectivity index (χ0) is 15.4. The van der Waals surface area contributed by atoms with E-state index < -0.39 is 28.3 Å². The summed E-state index contributed by atoms with van der Waals surface area (Å²) in [7, 11) is -1.77. The van der Waals surface area contributed by atoms with Crippen molar-refractivity contribution in [3.8, 4) is 0 Å². The maximum atomic E-state index is 13.1. The molecular weight excluding hydrogens is 298 g/mol. The molecule has 110 valence electrons. The molecule has 0 aliphatic heterocycles. The summed E-state index contributed by atoms with van der Waals surface area (Å²) in [6.07, 6.45) is 0. The van der Waals surface area contributed by atoms with E-state index in [0.29, 0.717) is 11.4 Å². The van der Waals surface area contributed by atoms with Crippen molar-refractivity contribution in [2.45, 2.75) is 4.90 Å². The van der Waals surface area contributed by atoms with E-state index >= 15 is 0 Å². The summed E-state index contributed by atoms with van der Waals surface area (Å²) in [4.78, 5) is 11.8. The van der Waals surface area contributed by atoms with Crippen molar-refractivity contribution in [1.82, 2.24) is 0 Å². The number of anilines is 2. The number of nitrogens with one attached hydrogen (secondary N) is 1. The molecular formula is C14H12F2N2O2S. The quantitative estimate of drug-likeness (QED) is 0.851. The lowest BCUT2D eigenvalue weighted by molar-refractivity contribution is -0.113. The number of benzene rings is 2. The first-order valence-electron chi connectivity index (χ1n) is 5.95. The van der Waals surface area contributed by atoms with Gasteiger partial charge in [0.25, 0.3) is 0 Å². The minimum Gasteiger partial charge on any atom is -0.397 e. The number of hydrogen-bond donors (Lipinski definition) is 2. The van der Waals surface area contributed by atoms with Crippen molar-refractivity contribution in [3.05, 3.63) is 54.1 Å². The highest BCUT2D eigenvalue weighted by molar-refractivity contribution is 7.85. The second kappa shape index (κ2) is 6.45. The van der Waals surface area contributed by atoms with Crippen molar-refractivity contribution in [2.24, 2.45) is 0 Å². The number of nitrogen functional groups attached to an aromatic ring is 1. The molecule has 1 amide bonds. The van der Waals surface area contributed by atoms with E-state index in [1.165, 1.54) is 6.07 Å². The highest BCUT2D eigenvalue weighted by atomic mass is 32.2. The van der Waals surface area contributed by atoms with Gasteiger partial charge in [0.1, 0.15) is 5.75 Å². The summed E-state index contributed by atoms with van der Waals surface area (Å²) >= 11 is 0. The van der Waals surface area contributed by atoms with Gasteiger partial charge >= 0.3 is 0 Å². The number of halogens is 2. The molecule has 2 aromatic rings. The van der Waals surface area contributed by atoms with Gasteiger partial charge in [-0.1, -0.05) is 12.1 Å². The third-order valence-electron chi connectivity index (χ3n) is 2.65. The van der Waals surface area contributed by atoms with E-state index in [9.17, 15) is 17.8 Å². The fourth-order valence-electron chi connectivity index (χ4n) is 1.62. The Kier molecular flexibility index (Phi) is 4.64. The lowest BCUT2D eigenvalue weighted by Gasteiger charge is -2.08. The first-order valence-corrected chi connectivity index (χ1v) is 7.27. The van der Waals surface area contributed by atoms with Crippen LogP contribution >= 0.6 is 0 Å². The fourth-order valence-corrected chi connectivity index (χ4v) is 2.55. The summed E-state index contributed by atoms with van der Waals surface area (Å²) in [5.41, 5.74) is 6.45. The van der Waals surface area contributed by atoms with Gasteiger partial charge in [0.2, 0.25) is 5.91 Å². The van der Waals surface area contributed by atoms with E-state index in [1.807, 2.05) is 0 Å². The molecule has 1 unspecified atom stereocenters. The van der Waals surface area contributed by atoms with Crippen LogP contribution in [0.15, 0.2) is 47.4 Å². The molecule has 2 aromatic carbocycles. The fraction of sp³-hybridized carbons (Fsp3) is 0.0714. The lowest BCUT2D eigenvalue weighted by atomic mass is 10.3. The molecule has 0 fully saturated rings. The van der Waals surface area contributed by atoms with Crippen molar-refractivity contribution in [3.63, 3.8) is 0 Å². The molecule has 0 aliphatic rings. The maximum absolute atomic E-state index is 13.1. The molecule has 0 bridgehead atoms. The van der Waals surface area contributed by atoms with E-state index in [-0.39, 0.29) is 10.6 Å². The number of carbonyl (C=O) groups is 1. The third kappa shape index (κ3) is 3.85.